The molecule has 2 aliphatic heterocycles. The van der Waals surface area contributed by atoms with Crippen molar-refractivity contribution in [3.63, 3.8) is 0 Å². The molecule has 1 aromatic heterocycles. The standard InChI is InChI=1S/C27H26N6O5/c1-32-13-12-17-14-21-24(38-15-37-21)25(36-3)22(17)23(32)26-29-30-31-33(26)19-8-4-16(5-9-19)27(34)28-18-6-10-20(35-2)11-7-18/h4-11,14,23H,12-13,15H2,1-3H3,(H,28,34)/t23-/m1/s1. The van der Waals surface area contributed by atoms with Gasteiger partial charge in [-0.3, -0.25) is 9.69 Å². The van der Waals surface area contributed by atoms with Crippen LogP contribution in [0.4, 0.5) is 5.69 Å². The molecule has 11 nitrogen and oxygen atoms in total. The fourth-order valence-electron chi connectivity index (χ4n) is 4.94. The number of nitrogens with zero attached hydrogens (tertiary/aromatic N) is 5. The average molecular weight is 515 g/mol. The molecule has 0 saturated carbocycles. The Kier molecular flexibility index (Phi) is 6.04. The molecule has 4 aromatic rings. The summed E-state index contributed by atoms with van der Waals surface area (Å²) >= 11 is 0. The van der Waals surface area contributed by atoms with Crippen molar-refractivity contribution in [1.82, 2.24) is 25.1 Å². The number of hydrogen-bond donors (Lipinski definition) is 1. The molecule has 0 unspecified atom stereocenters. The third-order valence-corrected chi connectivity index (χ3v) is 6.86. The minimum Gasteiger partial charge on any atom is -0.497 e. The molecule has 3 aromatic carbocycles. The summed E-state index contributed by atoms with van der Waals surface area (Å²) in [5.41, 5.74) is 3.97. The van der Waals surface area contributed by atoms with Crippen LogP contribution in [-0.2, 0) is 6.42 Å². The average Bonchev–Trinajstić information content (AvgIpc) is 3.62. The number of aromatic nitrogens is 4. The summed E-state index contributed by atoms with van der Waals surface area (Å²) in [5.74, 6) is 3.04. The predicted octanol–water partition coefficient (Wildman–Crippen LogP) is 3.24. The Morgan fingerprint density at radius 2 is 1.84 bits per heavy atom. The molecule has 0 fully saturated rings. The highest BCUT2D eigenvalue weighted by atomic mass is 16.7. The van der Waals surface area contributed by atoms with Crippen LogP contribution < -0.4 is 24.3 Å². The number of likely N-dealkylation sites (N-methyl/N-ethyl adjacent to an activating group) is 1. The van der Waals surface area contributed by atoms with E-state index in [1.54, 1.807) is 55.3 Å². The highest BCUT2D eigenvalue weighted by molar-refractivity contribution is 6.04. The Bertz CT molecular complexity index is 1490. The molecule has 11 heteroatoms. The lowest BCUT2D eigenvalue weighted by Gasteiger charge is -2.34. The molecular formula is C27H26N6O5. The van der Waals surface area contributed by atoms with Gasteiger partial charge < -0.3 is 24.3 Å². The summed E-state index contributed by atoms with van der Waals surface area (Å²) in [6.45, 7) is 0.961. The lowest BCUT2D eigenvalue weighted by atomic mass is 9.90. The first-order valence-corrected chi connectivity index (χ1v) is 12.1. The highest BCUT2D eigenvalue weighted by Gasteiger charge is 2.37. The Hall–Kier alpha value is -4.64. The lowest BCUT2D eigenvalue weighted by molar-refractivity contribution is 0.102. The van der Waals surface area contributed by atoms with Crippen molar-refractivity contribution in [3.8, 4) is 28.7 Å². The van der Waals surface area contributed by atoms with E-state index in [2.05, 4.69) is 25.7 Å². The SMILES string of the molecule is COc1ccc(NC(=O)c2ccc(-n3nnnc3[C@H]3c4c(cc5c(c4OC)OCO5)CCN3C)cc2)cc1. The summed E-state index contributed by atoms with van der Waals surface area (Å²) in [7, 11) is 5.26. The number of rotatable bonds is 6. The van der Waals surface area contributed by atoms with Crippen LogP contribution in [0.5, 0.6) is 23.0 Å². The lowest BCUT2D eigenvalue weighted by Crippen LogP contribution is -2.35. The Morgan fingerprint density at radius 3 is 2.58 bits per heavy atom. The number of hydrogen-bond acceptors (Lipinski definition) is 9. The summed E-state index contributed by atoms with van der Waals surface area (Å²) in [5, 5.41) is 15.6. The molecule has 194 valence electrons. The number of nitrogens with one attached hydrogen (secondary N) is 1. The molecule has 38 heavy (non-hydrogen) atoms. The van der Waals surface area contributed by atoms with E-state index in [0.717, 1.165) is 35.5 Å². The monoisotopic (exact) mass is 514 g/mol. The summed E-state index contributed by atoms with van der Waals surface area (Å²) in [4.78, 5) is 15.0. The van der Waals surface area contributed by atoms with E-state index in [1.807, 2.05) is 25.2 Å². The van der Waals surface area contributed by atoms with Crippen LogP contribution in [0.15, 0.2) is 54.6 Å². The van der Waals surface area contributed by atoms with Crippen LogP contribution in [0.25, 0.3) is 5.69 Å². The fourth-order valence-corrected chi connectivity index (χ4v) is 4.94. The van der Waals surface area contributed by atoms with Crippen LogP contribution >= 0.6 is 0 Å². The normalized spacial score (nSPS) is 16.1. The third-order valence-electron chi connectivity index (χ3n) is 6.86. The topological polar surface area (TPSA) is 113 Å². The van der Waals surface area contributed by atoms with Crippen molar-refractivity contribution in [3.05, 3.63) is 77.1 Å². The largest absolute Gasteiger partial charge is 0.497 e. The van der Waals surface area contributed by atoms with E-state index in [1.165, 1.54) is 0 Å². The van der Waals surface area contributed by atoms with Gasteiger partial charge >= 0.3 is 0 Å². The number of carbonyl (C=O) groups excluding carboxylic acids is 1. The van der Waals surface area contributed by atoms with Crippen LogP contribution in [0.1, 0.15) is 33.4 Å². The fraction of sp³-hybridized carbons (Fsp3) is 0.259. The van der Waals surface area contributed by atoms with Crippen molar-refractivity contribution in [2.75, 3.05) is 39.9 Å². The predicted molar refractivity (Wildman–Crippen MR) is 137 cm³/mol. The van der Waals surface area contributed by atoms with E-state index in [9.17, 15) is 4.79 Å². The molecule has 0 radical (unpaired) electrons. The number of ether oxygens (including phenoxy) is 4. The Labute approximate surface area is 218 Å². The molecule has 0 bridgehead atoms. The highest BCUT2D eigenvalue weighted by Crippen LogP contribution is 2.50. The van der Waals surface area contributed by atoms with Gasteiger partial charge in [0.1, 0.15) is 11.8 Å². The zero-order chi connectivity index (χ0) is 26.2. The molecule has 0 saturated heterocycles. The van der Waals surface area contributed by atoms with Gasteiger partial charge in [-0.1, -0.05) is 0 Å². The number of anilines is 1. The zero-order valence-corrected chi connectivity index (χ0v) is 21.2. The second-order valence-electron chi connectivity index (χ2n) is 9.03. The van der Waals surface area contributed by atoms with Gasteiger partial charge in [0.25, 0.3) is 5.91 Å². The molecule has 2 aliphatic rings. The quantitative estimate of drug-likeness (QED) is 0.414. The van der Waals surface area contributed by atoms with Gasteiger partial charge in [0, 0.05) is 23.4 Å². The smallest absolute Gasteiger partial charge is 0.255 e. The number of carbonyl (C=O) groups is 1. The van der Waals surface area contributed by atoms with Gasteiger partial charge in [0.05, 0.1) is 19.9 Å². The molecular weight excluding hydrogens is 488 g/mol. The van der Waals surface area contributed by atoms with Gasteiger partial charge in [0.2, 0.25) is 12.5 Å². The first kappa shape index (κ1) is 23.7. The van der Waals surface area contributed by atoms with E-state index in [0.29, 0.717) is 34.3 Å². The van der Waals surface area contributed by atoms with Crippen LogP contribution in [-0.4, -0.2) is 65.6 Å². The van der Waals surface area contributed by atoms with Crippen LogP contribution in [0.2, 0.25) is 0 Å². The molecule has 0 spiro atoms. The van der Waals surface area contributed by atoms with Crippen LogP contribution in [0.3, 0.4) is 0 Å². The number of methoxy groups -OCH3 is 2. The second kappa shape index (κ2) is 9.67. The Morgan fingerprint density at radius 1 is 1.05 bits per heavy atom. The van der Waals surface area contributed by atoms with Gasteiger partial charge in [0.15, 0.2) is 17.3 Å². The molecule has 1 amide bonds. The first-order chi connectivity index (χ1) is 18.6. The van der Waals surface area contributed by atoms with E-state index in [4.69, 9.17) is 18.9 Å². The minimum absolute atomic E-state index is 0.158. The van der Waals surface area contributed by atoms with E-state index in [-0.39, 0.29) is 18.7 Å². The molecule has 6 rings (SSSR count). The number of amides is 1. The summed E-state index contributed by atoms with van der Waals surface area (Å²) in [6.07, 6.45) is 0.828. The number of benzene rings is 3. The van der Waals surface area contributed by atoms with Gasteiger partial charge in [-0.15, -0.1) is 5.10 Å². The van der Waals surface area contributed by atoms with Crippen LogP contribution in [0, 0.1) is 0 Å². The molecule has 1 N–H and O–H groups in total. The van der Waals surface area contributed by atoms with Gasteiger partial charge in [-0.2, -0.15) is 4.68 Å². The summed E-state index contributed by atoms with van der Waals surface area (Å²) < 4.78 is 24.0. The molecule has 1 atom stereocenters. The Balaban J connectivity index is 1.31. The summed E-state index contributed by atoms with van der Waals surface area (Å²) in [6, 6.07) is 16.0. The van der Waals surface area contributed by atoms with E-state index < -0.39 is 0 Å². The van der Waals surface area contributed by atoms with E-state index >= 15 is 0 Å². The van der Waals surface area contributed by atoms with Crippen molar-refractivity contribution < 1.29 is 23.7 Å². The molecule has 0 aliphatic carbocycles. The van der Waals surface area contributed by atoms with Crippen molar-refractivity contribution in [2.45, 2.75) is 12.5 Å². The number of tetrazole rings is 1. The van der Waals surface area contributed by atoms with Gasteiger partial charge in [-0.25, -0.2) is 0 Å². The minimum atomic E-state index is -0.281. The number of fused-ring (bicyclic) bond motifs is 2. The maximum absolute atomic E-state index is 12.8. The molecule has 3 heterocycles. The second-order valence-corrected chi connectivity index (χ2v) is 9.03. The zero-order valence-electron chi connectivity index (χ0n) is 21.2. The van der Waals surface area contributed by atoms with Gasteiger partial charge in [-0.05, 0) is 84.1 Å². The first-order valence-electron chi connectivity index (χ1n) is 12.1. The third kappa shape index (κ3) is 4.06. The maximum atomic E-state index is 12.8. The maximum Gasteiger partial charge on any atom is 0.255 e. The van der Waals surface area contributed by atoms with Crippen molar-refractivity contribution in [2.24, 2.45) is 0 Å². The van der Waals surface area contributed by atoms with Crippen molar-refractivity contribution >= 4 is 11.6 Å². The van der Waals surface area contributed by atoms with Crippen molar-refractivity contribution in [1.29, 1.82) is 0 Å².